The first-order valence-electron chi connectivity index (χ1n) is 11.6. The molecular weight excluding hydrogens is 468 g/mol. The van der Waals surface area contributed by atoms with Crippen LogP contribution in [0.15, 0.2) is 91.0 Å². The Morgan fingerprint density at radius 2 is 1.31 bits per heavy atom. The summed E-state index contributed by atoms with van der Waals surface area (Å²) >= 11 is -1.87. The molecule has 7 nitrogen and oxygen atoms in total. The van der Waals surface area contributed by atoms with E-state index in [1.165, 1.54) is 0 Å². The van der Waals surface area contributed by atoms with Crippen molar-refractivity contribution in [2.75, 3.05) is 6.61 Å². The molecule has 0 N–H and O–H groups in total. The molecule has 5 rings (SSSR count). The van der Waals surface area contributed by atoms with Crippen molar-refractivity contribution in [1.82, 2.24) is 0 Å². The predicted molar refractivity (Wildman–Crippen MR) is 129 cm³/mol. The highest BCUT2D eigenvalue weighted by molar-refractivity contribution is 7.75. The number of fused-ring (bicyclic) bond motifs is 1. The lowest BCUT2D eigenvalue weighted by atomic mass is 10.1. The molecule has 8 heteroatoms. The van der Waals surface area contributed by atoms with Crippen molar-refractivity contribution in [3.63, 3.8) is 0 Å². The molecule has 0 bridgehead atoms. The zero-order valence-corrected chi connectivity index (χ0v) is 20.0. The molecule has 2 saturated heterocycles. The average molecular weight is 497 g/mol. The lowest BCUT2D eigenvalue weighted by Crippen LogP contribution is -2.44. The van der Waals surface area contributed by atoms with Gasteiger partial charge in [0.05, 0.1) is 26.4 Å². The van der Waals surface area contributed by atoms with Gasteiger partial charge in [-0.05, 0) is 16.7 Å². The number of hydrogen-bond donors (Lipinski definition) is 0. The maximum atomic E-state index is 11.9. The summed E-state index contributed by atoms with van der Waals surface area (Å²) in [7, 11) is 0. The average Bonchev–Trinajstić information content (AvgIpc) is 3.42. The minimum atomic E-state index is -1.87. The molecule has 2 aliphatic rings. The monoisotopic (exact) mass is 496 g/mol. The first-order valence-corrected chi connectivity index (χ1v) is 12.6. The molecule has 0 radical (unpaired) electrons. The van der Waals surface area contributed by atoms with Crippen LogP contribution in [0.4, 0.5) is 0 Å². The van der Waals surface area contributed by atoms with Crippen LogP contribution in [0.25, 0.3) is 0 Å². The van der Waals surface area contributed by atoms with E-state index in [9.17, 15) is 4.21 Å². The van der Waals surface area contributed by atoms with Gasteiger partial charge in [-0.15, -0.1) is 0 Å². The highest BCUT2D eigenvalue weighted by Crippen LogP contribution is 2.36. The molecule has 2 fully saturated rings. The molecule has 0 saturated carbocycles. The lowest BCUT2D eigenvalue weighted by molar-refractivity contribution is -0.158. The molecule has 0 aliphatic carbocycles. The minimum absolute atomic E-state index is 0.278. The van der Waals surface area contributed by atoms with Crippen LogP contribution >= 0.6 is 0 Å². The Bertz CT molecular complexity index is 1070. The second kappa shape index (κ2) is 12.0. The van der Waals surface area contributed by atoms with Gasteiger partial charge < -0.3 is 18.9 Å². The predicted octanol–water partition coefficient (Wildman–Crippen LogP) is 4.09. The van der Waals surface area contributed by atoms with E-state index in [4.69, 9.17) is 27.3 Å². The van der Waals surface area contributed by atoms with Gasteiger partial charge >= 0.3 is 11.4 Å². The number of ether oxygens (including phenoxy) is 4. The van der Waals surface area contributed by atoms with Crippen LogP contribution in [0.5, 0.6) is 0 Å². The van der Waals surface area contributed by atoms with Crippen LogP contribution < -0.4 is 0 Å². The van der Waals surface area contributed by atoms with Gasteiger partial charge in [-0.3, -0.25) is 4.18 Å². The van der Waals surface area contributed by atoms with Gasteiger partial charge in [0.15, 0.2) is 6.10 Å². The molecule has 184 valence electrons. The summed E-state index contributed by atoms with van der Waals surface area (Å²) in [6, 6.07) is 29.7. The first kappa shape index (κ1) is 24.3. The molecule has 6 atom stereocenters. The van der Waals surface area contributed by atoms with E-state index in [0.717, 1.165) is 16.7 Å². The third kappa shape index (κ3) is 6.42. The van der Waals surface area contributed by atoms with Crippen molar-refractivity contribution in [3.05, 3.63) is 108 Å². The largest absolute Gasteiger partial charge is 0.374 e. The van der Waals surface area contributed by atoms with Gasteiger partial charge in [-0.25, -0.2) is 4.18 Å². The fourth-order valence-corrected chi connectivity index (χ4v) is 4.89. The van der Waals surface area contributed by atoms with E-state index in [1.807, 2.05) is 91.0 Å². The molecule has 0 spiro atoms. The topological polar surface area (TPSA) is 72.5 Å². The van der Waals surface area contributed by atoms with E-state index >= 15 is 0 Å². The van der Waals surface area contributed by atoms with Gasteiger partial charge in [0, 0.05) is 0 Å². The molecule has 3 aromatic rings. The van der Waals surface area contributed by atoms with E-state index in [-0.39, 0.29) is 6.61 Å². The summed E-state index contributed by atoms with van der Waals surface area (Å²) < 4.78 is 47.5. The van der Waals surface area contributed by atoms with Crippen LogP contribution in [-0.4, -0.2) is 41.5 Å². The minimum Gasteiger partial charge on any atom is -0.374 e. The second-order valence-electron chi connectivity index (χ2n) is 8.43. The van der Waals surface area contributed by atoms with E-state index < -0.39 is 42.1 Å². The first-order chi connectivity index (χ1) is 17.3. The number of benzene rings is 3. The van der Waals surface area contributed by atoms with Gasteiger partial charge in [0.1, 0.15) is 18.3 Å². The highest BCUT2D eigenvalue weighted by Gasteiger charge is 2.55. The van der Waals surface area contributed by atoms with Crippen molar-refractivity contribution >= 4 is 11.4 Å². The molecular formula is C27H28O7S. The van der Waals surface area contributed by atoms with Gasteiger partial charge in [-0.2, -0.15) is 4.21 Å². The van der Waals surface area contributed by atoms with E-state index in [0.29, 0.717) is 19.8 Å². The maximum Gasteiger partial charge on any atom is 0.307 e. The van der Waals surface area contributed by atoms with Crippen LogP contribution in [-0.2, 0) is 58.5 Å². The fourth-order valence-electron chi connectivity index (χ4n) is 4.16. The zero-order valence-electron chi connectivity index (χ0n) is 19.1. The Balaban J connectivity index is 1.30. The van der Waals surface area contributed by atoms with Crippen LogP contribution in [0.2, 0.25) is 0 Å². The fraction of sp³-hybridized carbons (Fsp3) is 0.333. The lowest BCUT2D eigenvalue weighted by Gasteiger charge is -2.29. The van der Waals surface area contributed by atoms with Crippen molar-refractivity contribution in [2.45, 2.75) is 50.5 Å². The standard InChI is InChI=1S/C27H28O7S/c28-35-33-26-25(31-18-22-14-8-3-9-15-22)24(32-27(26)34-35)23(30-17-21-12-6-2-7-13-21)19-29-16-20-10-4-1-5-11-20/h1-15,23-27H,16-19H2/t23?,24-,25+,26-,27-,35?/m1/s1. The Labute approximate surface area is 207 Å². The number of rotatable bonds is 11. The van der Waals surface area contributed by atoms with E-state index in [2.05, 4.69) is 0 Å². The molecule has 0 aromatic heterocycles. The molecule has 3 aromatic carbocycles. The molecule has 2 aliphatic heterocycles. The summed E-state index contributed by atoms with van der Waals surface area (Å²) in [5, 5.41) is 0. The molecule has 2 unspecified atom stereocenters. The molecule has 35 heavy (non-hydrogen) atoms. The third-order valence-electron chi connectivity index (χ3n) is 5.92. The maximum absolute atomic E-state index is 11.9. The Kier molecular flexibility index (Phi) is 8.33. The van der Waals surface area contributed by atoms with Gasteiger partial charge in [0.25, 0.3) is 0 Å². The summed E-state index contributed by atoms with van der Waals surface area (Å²) in [5.41, 5.74) is 3.11. The van der Waals surface area contributed by atoms with Gasteiger partial charge in [-0.1, -0.05) is 91.0 Å². The van der Waals surface area contributed by atoms with Crippen molar-refractivity contribution < 1.29 is 31.5 Å². The van der Waals surface area contributed by atoms with Gasteiger partial charge in [0.2, 0.25) is 6.29 Å². The van der Waals surface area contributed by atoms with Crippen LogP contribution in [0.3, 0.4) is 0 Å². The zero-order chi connectivity index (χ0) is 23.9. The molecule has 0 amide bonds. The van der Waals surface area contributed by atoms with Crippen molar-refractivity contribution in [1.29, 1.82) is 0 Å². The van der Waals surface area contributed by atoms with Crippen molar-refractivity contribution in [3.8, 4) is 0 Å². The third-order valence-corrected chi connectivity index (χ3v) is 6.65. The summed E-state index contributed by atoms with van der Waals surface area (Å²) in [6.07, 6.45) is -2.97. The summed E-state index contributed by atoms with van der Waals surface area (Å²) in [4.78, 5) is 0. The van der Waals surface area contributed by atoms with Crippen LogP contribution in [0.1, 0.15) is 16.7 Å². The Morgan fingerprint density at radius 1 is 0.743 bits per heavy atom. The quantitative estimate of drug-likeness (QED) is 0.396. The SMILES string of the molecule is O=S1O[C@H]2O[C@H](C(COCc3ccccc3)OCc3ccccc3)[C@H](OCc3ccccc3)[C@H]2O1. The second-order valence-corrected chi connectivity index (χ2v) is 9.22. The summed E-state index contributed by atoms with van der Waals surface area (Å²) in [6.45, 7) is 1.45. The smallest absolute Gasteiger partial charge is 0.307 e. The van der Waals surface area contributed by atoms with Crippen molar-refractivity contribution in [2.24, 2.45) is 0 Å². The normalized spacial score (nSPS) is 26.5. The number of hydrogen-bond acceptors (Lipinski definition) is 7. The Morgan fingerprint density at radius 3 is 1.94 bits per heavy atom. The molecule has 2 heterocycles. The summed E-state index contributed by atoms with van der Waals surface area (Å²) in [5.74, 6) is 0. The van der Waals surface area contributed by atoms with E-state index in [1.54, 1.807) is 0 Å². The Hall–Kier alpha value is -2.43. The highest BCUT2D eigenvalue weighted by atomic mass is 32.2. The van der Waals surface area contributed by atoms with Crippen LogP contribution in [0, 0.1) is 0 Å².